The van der Waals surface area contributed by atoms with E-state index in [1.54, 1.807) is 18.6 Å². The highest BCUT2D eigenvalue weighted by Gasteiger charge is 2.23. The van der Waals surface area contributed by atoms with Crippen molar-refractivity contribution >= 4 is 0 Å². The summed E-state index contributed by atoms with van der Waals surface area (Å²) in [6, 6.07) is 0.125. The first-order valence-electron chi connectivity index (χ1n) is 6.39. The standard InChI is InChI=1S/C12H16N6O/c1-9(18-6-4-13-5-7-18)12-16-11(17-19-12)10-8-14-2-3-15-10/h2-3,8-9,13H,4-7H2,1H3. The summed E-state index contributed by atoms with van der Waals surface area (Å²) >= 11 is 0. The largest absolute Gasteiger partial charge is 0.337 e. The van der Waals surface area contributed by atoms with Gasteiger partial charge in [0.25, 0.3) is 0 Å². The molecule has 7 nitrogen and oxygen atoms in total. The molecule has 0 aliphatic carbocycles. The molecule has 2 aromatic heterocycles. The molecule has 19 heavy (non-hydrogen) atoms. The maximum Gasteiger partial charge on any atom is 0.244 e. The summed E-state index contributed by atoms with van der Waals surface area (Å²) in [4.78, 5) is 14.9. The van der Waals surface area contributed by atoms with Gasteiger partial charge in [0.2, 0.25) is 11.7 Å². The zero-order valence-corrected chi connectivity index (χ0v) is 10.8. The van der Waals surface area contributed by atoms with Gasteiger partial charge in [-0.3, -0.25) is 9.88 Å². The van der Waals surface area contributed by atoms with Crippen LogP contribution in [0.5, 0.6) is 0 Å². The van der Waals surface area contributed by atoms with E-state index in [4.69, 9.17) is 4.52 Å². The average Bonchev–Trinajstić information content (AvgIpc) is 2.98. The predicted molar refractivity (Wildman–Crippen MR) is 68.2 cm³/mol. The Hall–Kier alpha value is -1.86. The second-order valence-electron chi connectivity index (χ2n) is 4.51. The first-order chi connectivity index (χ1) is 9.34. The van der Waals surface area contributed by atoms with Gasteiger partial charge in [-0.05, 0) is 6.92 Å². The highest BCUT2D eigenvalue weighted by atomic mass is 16.5. The molecule has 1 saturated heterocycles. The molecule has 1 aliphatic rings. The summed E-state index contributed by atoms with van der Waals surface area (Å²) in [6.07, 6.45) is 4.86. The molecule has 1 aliphatic heterocycles. The Morgan fingerprint density at radius 2 is 2.16 bits per heavy atom. The molecular formula is C12H16N6O. The van der Waals surface area contributed by atoms with E-state index in [1.165, 1.54) is 0 Å². The molecule has 0 aromatic carbocycles. The van der Waals surface area contributed by atoms with Crippen molar-refractivity contribution in [3.63, 3.8) is 0 Å². The van der Waals surface area contributed by atoms with Crippen molar-refractivity contribution in [3.8, 4) is 11.5 Å². The highest BCUT2D eigenvalue weighted by Crippen LogP contribution is 2.21. The molecule has 3 heterocycles. The van der Waals surface area contributed by atoms with Crippen molar-refractivity contribution < 1.29 is 4.52 Å². The Morgan fingerprint density at radius 1 is 1.32 bits per heavy atom. The van der Waals surface area contributed by atoms with Gasteiger partial charge in [-0.1, -0.05) is 5.16 Å². The predicted octanol–water partition coefficient (Wildman–Crippen LogP) is 0.493. The number of rotatable bonds is 3. The first-order valence-corrected chi connectivity index (χ1v) is 6.39. The molecule has 3 rings (SSSR count). The quantitative estimate of drug-likeness (QED) is 0.860. The van der Waals surface area contributed by atoms with E-state index in [1.807, 2.05) is 0 Å². The lowest BCUT2D eigenvalue weighted by Crippen LogP contribution is -2.44. The lowest BCUT2D eigenvalue weighted by Gasteiger charge is -2.30. The Labute approximate surface area is 111 Å². The first kappa shape index (κ1) is 12.2. The highest BCUT2D eigenvalue weighted by molar-refractivity contribution is 5.45. The van der Waals surface area contributed by atoms with Crippen LogP contribution < -0.4 is 5.32 Å². The van der Waals surface area contributed by atoms with Crippen LogP contribution >= 0.6 is 0 Å². The summed E-state index contributed by atoms with van der Waals surface area (Å²) in [5, 5.41) is 7.30. The average molecular weight is 260 g/mol. The number of hydrogen-bond donors (Lipinski definition) is 1. The van der Waals surface area contributed by atoms with Gasteiger partial charge in [0.05, 0.1) is 12.2 Å². The lowest BCUT2D eigenvalue weighted by molar-refractivity contribution is 0.154. The molecule has 0 saturated carbocycles. The minimum atomic E-state index is 0.125. The Bertz CT molecular complexity index is 522. The summed E-state index contributed by atoms with van der Waals surface area (Å²) in [6.45, 7) is 6.05. The third-order valence-electron chi connectivity index (χ3n) is 3.29. The van der Waals surface area contributed by atoms with Gasteiger partial charge < -0.3 is 9.84 Å². The molecule has 2 aromatic rings. The second kappa shape index (κ2) is 5.41. The second-order valence-corrected chi connectivity index (χ2v) is 4.51. The molecule has 1 fully saturated rings. The lowest BCUT2D eigenvalue weighted by atomic mass is 10.2. The van der Waals surface area contributed by atoms with E-state index in [-0.39, 0.29) is 6.04 Å². The van der Waals surface area contributed by atoms with E-state index in [0.29, 0.717) is 17.4 Å². The van der Waals surface area contributed by atoms with Crippen molar-refractivity contribution in [2.45, 2.75) is 13.0 Å². The van der Waals surface area contributed by atoms with Crippen molar-refractivity contribution in [1.29, 1.82) is 0 Å². The maximum atomic E-state index is 5.34. The monoisotopic (exact) mass is 260 g/mol. The van der Waals surface area contributed by atoms with Crippen LogP contribution in [-0.4, -0.2) is 51.2 Å². The maximum absolute atomic E-state index is 5.34. The topological polar surface area (TPSA) is 80.0 Å². The van der Waals surface area contributed by atoms with Crippen LogP contribution in [-0.2, 0) is 0 Å². The number of hydrogen-bond acceptors (Lipinski definition) is 7. The molecule has 0 radical (unpaired) electrons. The van der Waals surface area contributed by atoms with Crippen molar-refractivity contribution in [2.75, 3.05) is 26.2 Å². The summed E-state index contributed by atoms with van der Waals surface area (Å²) in [5.74, 6) is 1.12. The summed E-state index contributed by atoms with van der Waals surface area (Å²) in [5.41, 5.74) is 0.630. The Kier molecular flexibility index (Phi) is 3.47. The third kappa shape index (κ3) is 2.61. The van der Waals surface area contributed by atoms with Crippen LogP contribution in [0.1, 0.15) is 18.9 Å². The number of aromatic nitrogens is 4. The van der Waals surface area contributed by atoms with Gasteiger partial charge in [0, 0.05) is 38.6 Å². The molecule has 0 bridgehead atoms. The smallest absolute Gasteiger partial charge is 0.244 e. The SMILES string of the molecule is CC(c1nc(-c2cnccn2)no1)N1CCNCC1. The van der Waals surface area contributed by atoms with Crippen molar-refractivity contribution in [2.24, 2.45) is 0 Å². The van der Waals surface area contributed by atoms with Gasteiger partial charge in [-0.2, -0.15) is 4.98 Å². The van der Waals surface area contributed by atoms with E-state index in [9.17, 15) is 0 Å². The van der Waals surface area contributed by atoms with Gasteiger partial charge in [0.1, 0.15) is 5.69 Å². The van der Waals surface area contributed by atoms with E-state index < -0.39 is 0 Å². The molecule has 1 N–H and O–H groups in total. The molecule has 0 spiro atoms. The van der Waals surface area contributed by atoms with Gasteiger partial charge in [0.15, 0.2) is 0 Å². The van der Waals surface area contributed by atoms with Crippen LogP contribution in [0.3, 0.4) is 0 Å². The molecule has 1 atom stereocenters. The van der Waals surface area contributed by atoms with Crippen LogP contribution in [0, 0.1) is 0 Å². The minimum absolute atomic E-state index is 0.125. The fourth-order valence-corrected chi connectivity index (χ4v) is 2.15. The van der Waals surface area contributed by atoms with Crippen molar-refractivity contribution in [3.05, 3.63) is 24.5 Å². The summed E-state index contributed by atoms with van der Waals surface area (Å²) < 4.78 is 5.34. The zero-order valence-electron chi connectivity index (χ0n) is 10.8. The fraction of sp³-hybridized carbons (Fsp3) is 0.500. The minimum Gasteiger partial charge on any atom is -0.337 e. The van der Waals surface area contributed by atoms with E-state index >= 15 is 0 Å². The summed E-state index contributed by atoms with van der Waals surface area (Å²) in [7, 11) is 0. The van der Waals surface area contributed by atoms with E-state index in [0.717, 1.165) is 26.2 Å². The Morgan fingerprint density at radius 3 is 2.89 bits per heavy atom. The Balaban J connectivity index is 1.77. The van der Waals surface area contributed by atoms with Gasteiger partial charge in [-0.25, -0.2) is 4.98 Å². The molecule has 100 valence electrons. The van der Waals surface area contributed by atoms with Crippen LogP contribution in [0.25, 0.3) is 11.5 Å². The molecular weight excluding hydrogens is 244 g/mol. The van der Waals surface area contributed by atoms with Crippen LogP contribution in [0.2, 0.25) is 0 Å². The van der Waals surface area contributed by atoms with Gasteiger partial charge in [-0.15, -0.1) is 0 Å². The number of nitrogens with zero attached hydrogens (tertiary/aromatic N) is 5. The van der Waals surface area contributed by atoms with E-state index in [2.05, 4.69) is 37.2 Å². The number of piperazine rings is 1. The van der Waals surface area contributed by atoms with Crippen LogP contribution in [0.15, 0.2) is 23.1 Å². The van der Waals surface area contributed by atoms with Crippen molar-refractivity contribution in [1.82, 2.24) is 30.3 Å². The van der Waals surface area contributed by atoms with Crippen LogP contribution in [0.4, 0.5) is 0 Å². The number of nitrogens with one attached hydrogen (secondary N) is 1. The zero-order chi connectivity index (χ0) is 13.1. The van der Waals surface area contributed by atoms with Gasteiger partial charge >= 0.3 is 0 Å². The molecule has 0 amide bonds. The molecule has 7 heteroatoms. The third-order valence-corrected chi connectivity index (χ3v) is 3.29. The fourth-order valence-electron chi connectivity index (χ4n) is 2.15. The normalized spacial score (nSPS) is 18.4. The molecule has 1 unspecified atom stereocenters.